The maximum atomic E-state index is 6.47. The van der Waals surface area contributed by atoms with Crippen LogP contribution in [0.25, 0.3) is 0 Å². The van der Waals surface area contributed by atoms with E-state index < -0.39 is 0 Å². The molecule has 1 saturated carbocycles. The van der Waals surface area contributed by atoms with Crippen molar-refractivity contribution in [3.8, 4) is 0 Å². The number of hydrogen-bond donors (Lipinski definition) is 1. The highest BCUT2D eigenvalue weighted by Crippen LogP contribution is 2.36. The molecule has 106 valence electrons. The second-order valence-corrected chi connectivity index (χ2v) is 6.34. The van der Waals surface area contributed by atoms with Crippen molar-refractivity contribution in [1.29, 1.82) is 0 Å². The van der Waals surface area contributed by atoms with Gasteiger partial charge in [-0.3, -0.25) is 0 Å². The van der Waals surface area contributed by atoms with E-state index in [1.54, 1.807) is 0 Å². The summed E-state index contributed by atoms with van der Waals surface area (Å²) in [5, 5.41) is 0.843. The van der Waals surface area contributed by atoms with Gasteiger partial charge in [-0.15, -0.1) is 0 Å². The molecule has 1 aromatic rings. The van der Waals surface area contributed by atoms with Crippen molar-refractivity contribution in [3.05, 3.63) is 28.8 Å². The molecule has 0 spiro atoms. The fraction of sp³-hybridized carbons (Fsp3) is 0.625. The number of nitrogens with two attached hydrogens (primary N) is 1. The van der Waals surface area contributed by atoms with Crippen molar-refractivity contribution in [1.82, 2.24) is 0 Å². The molecule has 0 radical (unpaired) electrons. The smallest absolute Gasteiger partial charge is 0.0643 e. The van der Waals surface area contributed by atoms with E-state index in [0.717, 1.165) is 11.6 Å². The van der Waals surface area contributed by atoms with Crippen LogP contribution in [0.15, 0.2) is 18.2 Å². The molecule has 0 amide bonds. The van der Waals surface area contributed by atoms with Crippen LogP contribution in [0.2, 0.25) is 5.02 Å². The summed E-state index contributed by atoms with van der Waals surface area (Å²) >= 11 is 6.47. The van der Waals surface area contributed by atoms with Crippen molar-refractivity contribution in [2.75, 3.05) is 11.4 Å². The van der Waals surface area contributed by atoms with E-state index in [1.807, 2.05) is 12.1 Å². The minimum Gasteiger partial charge on any atom is -0.367 e. The number of nitrogens with zero attached hydrogens (tertiary/aromatic N) is 1. The van der Waals surface area contributed by atoms with Crippen molar-refractivity contribution in [2.24, 2.45) is 11.7 Å². The highest BCUT2D eigenvalue weighted by molar-refractivity contribution is 6.33. The summed E-state index contributed by atoms with van der Waals surface area (Å²) in [6.45, 7) is 6.14. The van der Waals surface area contributed by atoms with Crippen molar-refractivity contribution in [3.63, 3.8) is 0 Å². The second kappa shape index (κ2) is 6.62. The standard InChI is InChI=1S/C16H25ClN2/c1-12(2)11-19(14-7-3-4-8-14)16-13(10-18)6-5-9-15(16)17/h5-6,9,12,14H,3-4,7-8,10-11,18H2,1-2H3. The van der Waals surface area contributed by atoms with Crippen LogP contribution >= 0.6 is 11.6 Å². The van der Waals surface area contributed by atoms with Gasteiger partial charge >= 0.3 is 0 Å². The normalized spacial score (nSPS) is 16.3. The quantitative estimate of drug-likeness (QED) is 0.876. The second-order valence-electron chi connectivity index (χ2n) is 5.94. The molecule has 1 aromatic carbocycles. The summed E-state index contributed by atoms with van der Waals surface area (Å²) in [5.41, 5.74) is 8.24. The minimum absolute atomic E-state index is 0.553. The predicted molar refractivity (Wildman–Crippen MR) is 83.8 cm³/mol. The van der Waals surface area contributed by atoms with Crippen LogP contribution in [0.1, 0.15) is 45.1 Å². The van der Waals surface area contributed by atoms with Gasteiger partial charge in [0.15, 0.2) is 0 Å². The van der Waals surface area contributed by atoms with Gasteiger partial charge in [0.25, 0.3) is 0 Å². The Morgan fingerprint density at radius 2 is 2.00 bits per heavy atom. The highest BCUT2D eigenvalue weighted by atomic mass is 35.5. The van der Waals surface area contributed by atoms with Gasteiger partial charge < -0.3 is 10.6 Å². The van der Waals surface area contributed by atoms with Crippen LogP contribution in [0.4, 0.5) is 5.69 Å². The monoisotopic (exact) mass is 280 g/mol. The Morgan fingerprint density at radius 1 is 1.32 bits per heavy atom. The van der Waals surface area contributed by atoms with E-state index in [0.29, 0.717) is 18.5 Å². The van der Waals surface area contributed by atoms with Gasteiger partial charge in [-0.05, 0) is 30.4 Å². The topological polar surface area (TPSA) is 29.3 Å². The summed E-state index contributed by atoms with van der Waals surface area (Å²) in [4.78, 5) is 2.52. The Balaban J connectivity index is 2.36. The van der Waals surface area contributed by atoms with E-state index in [1.165, 1.54) is 36.9 Å². The van der Waals surface area contributed by atoms with Crippen LogP contribution in [-0.4, -0.2) is 12.6 Å². The van der Waals surface area contributed by atoms with Crippen molar-refractivity contribution >= 4 is 17.3 Å². The Kier molecular flexibility index (Phi) is 5.12. The zero-order chi connectivity index (χ0) is 13.8. The van der Waals surface area contributed by atoms with Crippen molar-refractivity contribution < 1.29 is 0 Å². The molecule has 0 atom stereocenters. The molecule has 3 heteroatoms. The van der Waals surface area contributed by atoms with Crippen LogP contribution in [0.5, 0.6) is 0 Å². The molecule has 1 fully saturated rings. The van der Waals surface area contributed by atoms with E-state index in [-0.39, 0.29) is 0 Å². The first-order chi connectivity index (χ1) is 9.13. The summed E-state index contributed by atoms with van der Waals surface area (Å²) in [6.07, 6.45) is 5.23. The lowest BCUT2D eigenvalue weighted by molar-refractivity contribution is 0.534. The number of anilines is 1. The lowest BCUT2D eigenvalue weighted by atomic mass is 10.1. The molecule has 0 saturated heterocycles. The molecular formula is C16H25ClN2. The van der Waals surface area contributed by atoms with E-state index in [4.69, 9.17) is 17.3 Å². The third-order valence-electron chi connectivity index (χ3n) is 3.90. The molecule has 0 aromatic heterocycles. The molecule has 19 heavy (non-hydrogen) atoms. The third-order valence-corrected chi connectivity index (χ3v) is 4.21. The zero-order valence-electron chi connectivity index (χ0n) is 12.0. The van der Waals surface area contributed by atoms with Gasteiger partial charge in [-0.1, -0.05) is 50.4 Å². The van der Waals surface area contributed by atoms with E-state index in [2.05, 4.69) is 24.8 Å². The molecule has 2 rings (SSSR count). The fourth-order valence-corrected chi connectivity index (χ4v) is 3.38. The first kappa shape index (κ1) is 14.7. The van der Waals surface area contributed by atoms with Gasteiger partial charge in [0.05, 0.1) is 10.7 Å². The molecule has 1 aliphatic carbocycles. The summed E-state index contributed by atoms with van der Waals surface area (Å²) in [5.74, 6) is 0.627. The number of rotatable bonds is 5. The summed E-state index contributed by atoms with van der Waals surface area (Å²) in [7, 11) is 0. The first-order valence-electron chi connectivity index (χ1n) is 7.37. The van der Waals surface area contributed by atoms with Gasteiger partial charge in [0.1, 0.15) is 0 Å². The third kappa shape index (κ3) is 3.43. The molecule has 0 unspecified atom stereocenters. The van der Waals surface area contributed by atoms with Gasteiger partial charge in [0, 0.05) is 19.1 Å². The maximum Gasteiger partial charge on any atom is 0.0643 e. The van der Waals surface area contributed by atoms with Gasteiger partial charge in [0.2, 0.25) is 0 Å². The van der Waals surface area contributed by atoms with Crippen molar-refractivity contribution in [2.45, 2.75) is 52.1 Å². The molecule has 2 nitrogen and oxygen atoms in total. The fourth-order valence-electron chi connectivity index (χ4n) is 3.08. The number of para-hydroxylation sites is 1. The summed E-state index contributed by atoms with van der Waals surface area (Å²) in [6, 6.07) is 6.71. The molecule has 2 N–H and O–H groups in total. The highest BCUT2D eigenvalue weighted by Gasteiger charge is 2.26. The van der Waals surface area contributed by atoms with E-state index in [9.17, 15) is 0 Å². The Bertz CT molecular complexity index is 411. The van der Waals surface area contributed by atoms with Crippen LogP contribution < -0.4 is 10.6 Å². The molecule has 0 bridgehead atoms. The number of halogens is 1. The Morgan fingerprint density at radius 3 is 2.58 bits per heavy atom. The lowest BCUT2D eigenvalue weighted by Crippen LogP contribution is -2.37. The lowest BCUT2D eigenvalue weighted by Gasteiger charge is -2.35. The molecule has 0 aliphatic heterocycles. The Hall–Kier alpha value is -0.730. The molecule has 0 heterocycles. The minimum atomic E-state index is 0.553. The molecular weight excluding hydrogens is 256 g/mol. The first-order valence-corrected chi connectivity index (χ1v) is 7.75. The number of benzene rings is 1. The van der Waals surface area contributed by atoms with Crippen LogP contribution in [0, 0.1) is 5.92 Å². The SMILES string of the molecule is CC(C)CN(c1c(Cl)cccc1CN)C1CCCC1. The van der Waals surface area contributed by atoms with Gasteiger partial charge in [-0.25, -0.2) is 0 Å². The van der Waals surface area contributed by atoms with Crippen LogP contribution in [-0.2, 0) is 6.54 Å². The summed E-state index contributed by atoms with van der Waals surface area (Å²) < 4.78 is 0. The van der Waals surface area contributed by atoms with Gasteiger partial charge in [-0.2, -0.15) is 0 Å². The zero-order valence-corrected chi connectivity index (χ0v) is 12.8. The number of hydrogen-bond acceptors (Lipinski definition) is 2. The average molecular weight is 281 g/mol. The van der Waals surface area contributed by atoms with E-state index >= 15 is 0 Å². The Labute approximate surface area is 121 Å². The maximum absolute atomic E-state index is 6.47. The average Bonchev–Trinajstić information content (AvgIpc) is 2.89. The van der Waals surface area contributed by atoms with Crippen LogP contribution in [0.3, 0.4) is 0 Å². The molecule has 1 aliphatic rings. The predicted octanol–water partition coefficient (Wildman–Crippen LogP) is 4.20. The largest absolute Gasteiger partial charge is 0.367 e.